The number of hydrogen-bond donors (Lipinski definition) is 1. The Labute approximate surface area is 104 Å². The first-order chi connectivity index (χ1) is 7.86. The van der Waals surface area contributed by atoms with Crippen molar-refractivity contribution in [3.05, 3.63) is 22.8 Å². The maximum absolute atomic E-state index is 11.7. The number of halogens is 1. The summed E-state index contributed by atoms with van der Waals surface area (Å²) in [5.74, 6) is 0. The van der Waals surface area contributed by atoms with E-state index in [0.717, 1.165) is 11.1 Å². The maximum atomic E-state index is 11.7. The number of fused-ring (bicyclic) bond motifs is 1. The van der Waals surface area contributed by atoms with Crippen molar-refractivity contribution in [1.82, 2.24) is 14.5 Å². The number of aromatic nitrogens is 2. The van der Waals surface area contributed by atoms with Gasteiger partial charge in [-0.1, -0.05) is 11.6 Å². The average Bonchev–Trinajstić information content (AvgIpc) is 2.55. The van der Waals surface area contributed by atoms with Gasteiger partial charge in [0.2, 0.25) is 10.0 Å². The SMILES string of the molecule is CNS(=O)(=O)c1cc(Cl)c2c(C)nn(C)c2c1. The molecule has 1 aromatic heterocycles. The van der Waals surface area contributed by atoms with Crippen LogP contribution >= 0.6 is 11.6 Å². The van der Waals surface area contributed by atoms with Gasteiger partial charge in [-0.25, -0.2) is 13.1 Å². The Morgan fingerprint density at radius 3 is 2.65 bits per heavy atom. The molecule has 7 heteroatoms. The Bertz CT molecular complexity index is 691. The lowest BCUT2D eigenvalue weighted by molar-refractivity contribution is 0.588. The van der Waals surface area contributed by atoms with Crippen molar-refractivity contribution < 1.29 is 8.42 Å². The molecule has 0 spiro atoms. The summed E-state index contributed by atoms with van der Waals surface area (Å²) < 4.78 is 27.3. The first kappa shape index (κ1) is 12.3. The summed E-state index contributed by atoms with van der Waals surface area (Å²) in [4.78, 5) is 0.139. The van der Waals surface area contributed by atoms with Crippen LogP contribution in [0.1, 0.15) is 5.69 Å². The summed E-state index contributed by atoms with van der Waals surface area (Å²) in [6, 6.07) is 3.00. The molecule has 0 atom stereocenters. The molecule has 0 aliphatic rings. The second-order valence-corrected chi connectivity index (χ2v) is 6.01. The fourth-order valence-electron chi connectivity index (χ4n) is 1.78. The smallest absolute Gasteiger partial charge is 0.240 e. The minimum Gasteiger partial charge on any atom is -0.268 e. The summed E-state index contributed by atoms with van der Waals surface area (Å²) >= 11 is 6.10. The van der Waals surface area contributed by atoms with E-state index in [2.05, 4.69) is 9.82 Å². The lowest BCUT2D eigenvalue weighted by Crippen LogP contribution is -2.18. The van der Waals surface area contributed by atoms with Gasteiger partial charge < -0.3 is 0 Å². The number of nitrogens with one attached hydrogen (secondary N) is 1. The molecule has 2 rings (SSSR count). The van der Waals surface area contributed by atoms with Crippen molar-refractivity contribution in [2.24, 2.45) is 7.05 Å². The fraction of sp³-hybridized carbons (Fsp3) is 0.300. The summed E-state index contributed by atoms with van der Waals surface area (Å²) in [5.41, 5.74) is 1.48. The van der Waals surface area contributed by atoms with Crippen LogP contribution in [-0.4, -0.2) is 25.2 Å². The molecule has 0 fully saturated rings. The zero-order valence-electron chi connectivity index (χ0n) is 9.65. The third-order valence-electron chi connectivity index (χ3n) is 2.63. The molecule has 0 saturated carbocycles. The van der Waals surface area contributed by atoms with Gasteiger partial charge in [0.05, 0.1) is 21.1 Å². The maximum Gasteiger partial charge on any atom is 0.240 e. The van der Waals surface area contributed by atoms with Gasteiger partial charge in [-0.3, -0.25) is 4.68 Å². The zero-order chi connectivity index (χ0) is 12.8. The Kier molecular flexibility index (Phi) is 2.89. The molecule has 2 aromatic rings. The standard InChI is InChI=1S/C10H12ClN3O2S/c1-6-10-8(11)4-7(17(15,16)12-2)5-9(10)14(3)13-6/h4-5,12H,1-3H3. The molecular formula is C10H12ClN3O2S. The zero-order valence-corrected chi connectivity index (χ0v) is 11.2. The predicted octanol–water partition coefficient (Wildman–Crippen LogP) is 1.44. The van der Waals surface area contributed by atoms with Crippen molar-refractivity contribution in [2.45, 2.75) is 11.8 Å². The molecule has 0 saturated heterocycles. The van der Waals surface area contributed by atoms with E-state index in [1.54, 1.807) is 17.8 Å². The monoisotopic (exact) mass is 273 g/mol. The van der Waals surface area contributed by atoms with Crippen molar-refractivity contribution >= 4 is 32.5 Å². The quantitative estimate of drug-likeness (QED) is 0.901. The average molecular weight is 274 g/mol. The summed E-state index contributed by atoms with van der Waals surface area (Å²) in [6.07, 6.45) is 0. The molecule has 17 heavy (non-hydrogen) atoms. The number of aryl methyl sites for hydroxylation is 2. The van der Waals surface area contributed by atoms with Gasteiger partial charge in [0.1, 0.15) is 0 Å². The molecular weight excluding hydrogens is 262 g/mol. The second-order valence-electron chi connectivity index (χ2n) is 3.72. The molecule has 0 radical (unpaired) electrons. The van der Waals surface area contributed by atoms with E-state index in [-0.39, 0.29) is 4.90 Å². The summed E-state index contributed by atoms with van der Waals surface area (Å²) in [7, 11) is -0.381. The lowest BCUT2D eigenvalue weighted by Gasteiger charge is -2.04. The van der Waals surface area contributed by atoms with Crippen LogP contribution in [0.5, 0.6) is 0 Å². The van der Waals surface area contributed by atoms with Crippen LogP contribution in [0.4, 0.5) is 0 Å². The van der Waals surface area contributed by atoms with Crippen LogP contribution in [-0.2, 0) is 17.1 Å². The van der Waals surface area contributed by atoms with Gasteiger partial charge in [0.25, 0.3) is 0 Å². The number of nitrogens with zero attached hydrogens (tertiary/aromatic N) is 2. The van der Waals surface area contributed by atoms with Gasteiger partial charge in [-0.15, -0.1) is 0 Å². The molecule has 0 bridgehead atoms. The minimum absolute atomic E-state index is 0.139. The van der Waals surface area contributed by atoms with E-state index in [0.29, 0.717) is 10.5 Å². The van der Waals surface area contributed by atoms with Gasteiger partial charge in [0.15, 0.2) is 0 Å². The van der Waals surface area contributed by atoms with E-state index in [1.807, 2.05) is 6.92 Å². The second kappa shape index (κ2) is 3.97. The third kappa shape index (κ3) is 1.92. The van der Waals surface area contributed by atoms with Crippen molar-refractivity contribution in [3.63, 3.8) is 0 Å². The number of sulfonamides is 1. The fourth-order valence-corrected chi connectivity index (χ4v) is 2.97. The Balaban J connectivity index is 2.85. The van der Waals surface area contributed by atoms with Crippen LogP contribution in [0.15, 0.2) is 17.0 Å². The number of rotatable bonds is 2. The van der Waals surface area contributed by atoms with Crippen molar-refractivity contribution in [1.29, 1.82) is 0 Å². The van der Waals surface area contributed by atoms with Crippen LogP contribution in [0.25, 0.3) is 10.9 Å². The van der Waals surface area contributed by atoms with E-state index in [4.69, 9.17) is 11.6 Å². The molecule has 1 heterocycles. The summed E-state index contributed by atoms with van der Waals surface area (Å²) in [6.45, 7) is 1.83. The lowest BCUT2D eigenvalue weighted by atomic mass is 10.2. The van der Waals surface area contributed by atoms with Gasteiger partial charge >= 0.3 is 0 Å². The number of benzene rings is 1. The molecule has 0 aliphatic carbocycles. The molecule has 0 unspecified atom stereocenters. The highest BCUT2D eigenvalue weighted by atomic mass is 35.5. The topological polar surface area (TPSA) is 64.0 Å². The molecule has 0 amide bonds. The highest BCUT2D eigenvalue weighted by Crippen LogP contribution is 2.29. The highest BCUT2D eigenvalue weighted by molar-refractivity contribution is 7.89. The molecule has 5 nitrogen and oxygen atoms in total. The molecule has 92 valence electrons. The van der Waals surface area contributed by atoms with Crippen LogP contribution < -0.4 is 4.72 Å². The van der Waals surface area contributed by atoms with E-state index >= 15 is 0 Å². The van der Waals surface area contributed by atoms with Crippen molar-refractivity contribution in [2.75, 3.05) is 7.05 Å². The molecule has 0 aliphatic heterocycles. The van der Waals surface area contributed by atoms with Crippen LogP contribution in [0.2, 0.25) is 5.02 Å². The third-order valence-corrected chi connectivity index (χ3v) is 4.32. The normalized spacial score (nSPS) is 12.2. The highest BCUT2D eigenvalue weighted by Gasteiger charge is 2.17. The first-order valence-electron chi connectivity index (χ1n) is 4.93. The van der Waals surface area contributed by atoms with Crippen LogP contribution in [0.3, 0.4) is 0 Å². The minimum atomic E-state index is -3.50. The Morgan fingerprint density at radius 2 is 2.06 bits per heavy atom. The van der Waals surface area contributed by atoms with Gasteiger partial charge in [0, 0.05) is 12.4 Å². The van der Waals surface area contributed by atoms with E-state index in [9.17, 15) is 8.42 Å². The summed E-state index contributed by atoms with van der Waals surface area (Å²) in [5, 5.41) is 5.39. The van der Waals surface area contributed by atoms with E-state index in [1.165, 1.54) is 13.1 Å². The van der Waals surface area contributed by atoms with Gasteiger partial charge in [-0.05, 0) is 26.1 Å². The number of hydrogen-bond acceptors (Lipinski definition) is 3. The predicted molar refractivity (Wildman–Crippen MR) is 66.7 cm³/mol. The Hall–Kier alpha value is -1.11. The van der Waals surface area contributed by atoms with Gasteiger partial charge in [-0.2, -0.15) is 5.10 Å². The van der Waals surface area contributed by atoms with Crippen LogP contribution in [0, 0.1) is 6.92 Å². The molecule has 1 N–H and O–H groups in total. The Morgan fingerprint density at radius 1 is 1.41 bits per heavy atom. The van der Waals surface area contributed by atoms with E-state index < -0.39 is 10.0 Å². The molecule has 1 aromatic carbocycles. The largest absolute Gasteiger partial charge is 0.268 e. The van der Waals surface area contributed by atoms with Crippen molar-refractivity contribution in [3.8, 4) is 0 Å². The first-order valence-corrected chi connectivity index (χ1v) is 6.79.